The third-order valence-electron chi connectivity index (χ3n) is 6.44. The Balaban J connectivity index is 1.58. The second-order valence-electron chi connectivity index (χ2n) is 9.55. The largest absolute Gasteiger partial charge is 0.491 e. The summed E-state index contributed by atoms with van der Waals surface area (Å²) in [6.45, 7) is 5.74. The standard InChI is InChI=1S/C28H31ClF2N2O3/c1-19(34)17-36-24-11-12-26(25(29)15-24)33-14-13-32(16-27(33)20-3-7-22(30)8-4-20)18-28(2,35)21-5-9-23(31)10-6-21/h3-12,15,19,27,34-35H,13-14,16-18H2,1-2H3/t19?,27-,28+/m0/s1. The average molecular weight is 517 g/mol. The molecule has 1 unspecified atom stereocenters. The fourth-order valence-corrected chi connectivity index (χ4v) is 4.88. The van der Waals surface area contributed by atoms with Gasteiger partial charge in [0, 0.05) is 32.2 Å². The van der Waals surface area contributed by atoms with Crippen LogP contribution in [0.2, 0.25) is 5.02 Å². The molecule has 3 aromatic rings. The summed E-state index contributed by atoms with van der Waals surface area (Å²) in [5, 5.41) is 21.2. The molecule has 0 radical (unpaired) electrons. The zero-order valence-electron chi connectivity index (χ0n) is 20.4. The summed E-state index contributed by atoms with van der Waals surface area (Å²) in [4.78, 5) is 4.33. The van der Waals surface area contributed by atoms with Gasteiger partial charge in [-0.3, -0.25) is 4.90 Å². The van der Waals surface area contributed by atoms with Crippen LogP contribution in [0.15, 0.2) is 66.7 Å². The van der Waals surface area contributed by atoms with Crippen molar-refractivity contribution < 1.29 is 23.7 Å². The number of piperazine rings is 1. The number of aliphatic hydroxyl groups is 2. The highest BCUT2D eigenvalue weighted by atomic mass is 35.5. The van der Waals surface area contributed by atoms with Crippen molar-refractivity contribution in [2.24, 2.45) is 0 Å². The van der Waals surface area contributed by atoms with E-state index in [1.807, 2.05) is 12.1 Å². The molecule has 4 rings (SSSR count). The third-order valence-corrected chi connectivity index (χ3v) is 6.74. The van der Waals surface area contributed by atoms with Gasteiger partial charge in [0.15, 0.2) is 0 Å². The number of aliphatic hydroxyl groups excluding tert-OH is 1. The molecule has 3 atom stereocenters. The van der Waals surface area contributed by atoms with Gasteiger partial charge in [-0.1, -0.05) is 35.9 Å². The lowest BCUT2D eigenvalue weighted by atomic mass is 9.94. The Hall–Kier alpha value is -2.71. The molecule has 8 heteroatoms. The van der Waals surface area contributed by atoms with Crippen LogP contribution in [0.1, 0.15) is 31.0 Å². The van der Waals surface area contributed by atoms with Crippen molar-refractivity contribution in [3.05, 3.63) is 94.5 Å². The molecule has 1 aliphatic rings. The van der Waals surface area contributed by atoms with Crippen LogP contribution in [-0.4, -0.2) is 54.0 Å². The van der Waals surface area contributed by atoms with E-state index in [2.05, 4.69) is 9.80 Å². The Morgan fingerprint density at radius 1 is 1.03 bits per heavy atom. The van der Waals surface area contributed by atoms with Gasteiger partial charge in [-0.25, -0.2) is 8.78 Å². The number of anilines is 1. The van der Waals surface area contributed by atoms with Gasteiger partial charge in [-0.05, 0) is 61.4 Å². The van der Waals surface area contributed by atoms with E-state index in [0.29, 0.717) is 42.5 Å². The number of nitrogens with zero attached hydrogens (tertiary/aromatic N) is 2. The highest BCUT2D eigenvalue weighted by Crippen LogP contribution is 2.38. The smallest absolute Gasteiger partial charge is 0.123 e. The Kier molecular flexibility index (Phi) is 8.15. The van der Waals surface area contributed by atoms with Crippen molar-refractivity contribution >= 4 is 17.3 Å². The second kappa shape index (κ2) is 11.1. The fraction of sp³-hybridized carbons (Fsp3) is 0.357. The molecule has 192 valence electrons. The fourth-order valence-electron chi connectivity index (χ4n) is 4.60. The van der Waals surface area contributed by atoms with E-state index in [4.69, 9.17) is 16.3 Å². The number of β-amino-alcohol motifs (C(OH)–C–C–N with tert-alkyl or cyclic N) is 1. The molecule has 2 N–H and O–H groups in total. The van der Waals surface area contributed by atoms with E-state index in [1.54, 1.807) is 44.2 Å². The van der Waals surface area contributed by atoms with Crippen molar-refractivity contribution in [2.45, 2.75) is 31.6 Å². The quantitative estimate of drug-likeness (QED) is 0.434. The Labute approximate surface area is 215 Å². The number of ether oxygens (including phenoxy) is 1. The average Bonchev–Trinajstić information content (AvgIpc) is 2.83. The van der Waals surface area contributed by atoms with Crippen LogP contribution in [0, 0.1) is 11.6 Å². The van der Waals surface area contributed by atoms with Gasteiger partial charge < -0.3 is 19.8 Å². The van der Waals surface area contributed by atoms with Crippen LogP contribution < -0.4 is 9.64 Å². The summed E-state index contributed by atoms with van der Waals surface area (Å²) in [7, 11) is 0. The maximum Gasteiger partial charge on any atom is 0.123 e. The normalized spacial score (nSPS) is 19.1. The molecule has 36 heavy (non-hydrogen) atoms. The Morgan fingerprint density at radius 2 is 1.67 bits per heavy atom. The van der Waals surface area contributed by atoms with Crippen LogP contribution in [-0.2, 0) is 5.60 Å². The van der Waals surface area contributed by atoms with Crippen LogP contribution in [0.4, 0.5) is 14.5 Å². The van der Waals surface area contributed by atoms with Crippen molar-refractivity contribution in [1.82, 2.24) is 4.90 Å². The molecule has 1 fully saturated rings. The molecule has 1 heterocycles. The van der Waals surface area contributed by atoms with E-state index in [0.717, 1.165) is 11.3 Å². The predicted octanol–water partition coefficient (Wildman–Crippen LogP) is 5.15. The Bertz CT molecular complexity index is 1160. The Morgan fingerprint density at radius 3 is 2.28 bits per heavy atom. The zero-order valence-corrected chi connectivity index (χ0v) is 21.1. The molecule has 5 nitrogen and oxygen atoms in total. The number of hydrogen-bond donors (Lipinski definition) is 2. The topological polar surface area (TPSA) is 56.2 Å². The molecule has 3 aromatic carbocycles. The minimum atomic E-state index is -1.18. The first-order valence-electron chi connectivity index (χ1n) is 12.0. The highest BCUT2D eigenvalue weighted by molar-refractivity contribution is 6.33. The molecular formula is C28H31ClF2N2O3. The van der Waals surface area contributed by atoms with E-state index in [-0.39, 0.29) is 24.3 Å². The lowest BCUT2D eigenvalue weighted by Gasteiger charge is -2.45. The monoisotopic (exact) mass is 516 g/mol. The van der Waals surface area contributed by atoms with Crippen molar-refractivity contribution in [1.29, 1.82) is 0 Å². The maximum atomic E-state index is 13.7. The van der Waals surface area contributed by atoms with Crippen molar-refractivity contribution in [3.8, 4) is 5.75 Å². The number of rotatable bonds is 8. The summed E-state index contributed by atoms with van der Waals surface area (Å²) in [5.41, 5.74) is 1.21. The number of hydrogen-bond acceptors (Lipinski definition) is 5. The van der Waals surface area contributed by atoms with Crippen molar-refractivity contribution in [3.63, 3.8) is 0 Å². The summed E-state index contributed by atoms with van der Waals surface area (Å²) < 4.78 is 32.7. The lowest BCUT2D eigenvalue weighted by molar-refractivity contribution is 0.0102. The van der Waals surface area contributed by atoms with E-state index in [1.165, 1.54) is 24.3 Å². The molecular weight excluding hydrogens is 486 g/mol. The number of halogens is 3. The molecule has 0 aliphatic carbocycles. The summed E-state index contributed by atoms with van der Waals surface area (Å²) in [6.07, 6.45) is -0.591. The van der Waals surface area contributed by atoms with Gasteiger partial charge in [0.25, 0.3) is 0 Å². The molecule has 0 bridgehead atoms. The minimum Gasteiger partial charge on any atom is -0.491 e. The first-order valence-corrected chi connectivity index (χ1v) is 12.3. The first-order chi connectivity index (χ1) is 17.1. The molecule has 0 amide bonds. The van der Waals surface area contributed by atoms with Crippen LogP contribution in [0.3, 0.4) is 0 Å². The van der Waals surface area contributed by atoms with E-state index >= 15 is 0 Å². The van der Waals surface area contributed by atoms with E-state index < -0.39 is 11.7 Å². The maximum absolute atomic E-state index is 13.7. The van der Waals surface area contributed by atoms with Crippen molar-refractivity contribution in [2.75, 3.05) is 37.7 Å². The van der Waals surface area contributed by atoms with Gasteiger partial charge in [-0.2, -0.15) is 0 Å². The van der Waals surface area contributed by atoms with Gasteiger partial charge in [0.2, 0.25) is 0 Å². The number of benzene rings is 3. The van der Waals surface area contributed by atoms with Crippen LogP contribution in [0.25, 0.3) is 0 Å². The predicted molar refractivity (Wildman–Crippen MR) is 138 cm³/mol. The van der Waals surface area contributed by atoms with Gasteiger partial charge >= 0.3 is 0 Å². The zero-order chi connectivity index (χ0) is 25.9. The minimum absolute atomic E-state index is 0.148. The first kappa shape index (κ1) is 26.4. The van der Waals surface area contributed by atoms with Gasteiger partial charge in [0.1, 0.15) is 24.0 Å². The van der Waals surface area contributed by atoms with Crippen LogP contribution in [0.5, 0.6) is 5.75 Å². The summed E-state index contributed by atoms with van der Waals surface area (Å²) in [6, 6.07) is 17.6. The van der Waals surface area contributed by atoms with E-state index in [9.17, 15) is 19.0 Å². The van der Waals surface area contributed by atoms with Gasteiger partial charge in [0.05, 0.1) is 28.5 Å². The third kappa shape index (κ3) is 6.34. The highest BCUT2D eigenvalue weighted by Gasteiger charge is 2.34. The molecule has 0 spiro atoms. The summed E-state index contributed by atoms with van der Waals surface area (Å²) in [5.74, 6) is -0.0921. The van der Waals surface area contributed by atoms with Crippen LogP contribution >= 0.6 is 11.6 Å². The molecule has 0 saturated carbocycles. The summed E-state index contributed by atoms with van der Waals surface area (Å²) >= 11 is 6.66. The molecule has 1 aliphatic heterocycles. The SMILES string of the molecule is CC(O)COc1ccc(N2CCN(C[C@@](C)(O)c3ccc(F)cc3)C[C@H]2c2ccc(F)cc2)c(Cl)c1. The van der Waals surface area contributed by atoms with Gasteiger partial charge in [-0.15, -0.1) is 0 Å². The molecule has 1 saturated heterocycles. The second-order valence-corrected chi connectivity index (χ2v) is 9.96. The lowest BCUT2D eigenvalue weighted by Crippen LogP contribution is -2.52. The molecule has 0 aromatic heterocycles.